The van der Waals surface area contributed by atoms with Crippen LogP contribution in [0.25, 0.3) is 0 Å². The summed E-state index contributed by atoms with van der Waals surface area (Å²) in [5.74, 6) is -1.41. The van der Waals surface area contributed by atoms with Crippen LogP contribution >= 0.6 is 0 Å². The van der Waals surface area contributed by atoms with Gasteiger partial charge in [-0.3, -0.25) is 14.5 Å². The molecule has 1 N–H and O–H groups in total. The van der Waals surface area contributed by atoms with Gasteiger partial charge in [0.15, 0.2) is 6.61 Å². The molecule has 0 aromatic heterocycles. The maximum absolute atomic E-state index is 12.9. The molecule has 0 unspecified atom stereocenters. The zero-order chi connectivity index (χ0) is 22.9. The fourth-order valence-electron chi connectivity index (χ4n) is 3.88. The van der Waals surface area contributed by atoms with E-state index in [1.807, 2.05) is 84.9 Å². The highest BCUT2D eigenvalue weighted by atomic mass is 16.5. The van der Waals surface area contributed by atoms with Gasteiger partial charge >= 0.3 is 5.97 Å². The Labute approximate surface area is 194 Å². The summed E-state index contributed by atoms with van der Waals surface area (Å²) in [5, 5.41) is 2.80. The maximum atomic E-state index is 12.9. The zero-order valence-electron chi connectivity index (χ0n) is 18.5. The lowest BCUT2D eigenvalue weighted by atomic mass is 9.91. The molecule has 0 atom stereocenters. The molecule has 0 radical (unpaired) electrons. The first-order valence-corrected chi connectivity index (χ1v) is 11.1. The van der Waals surface area contributed by atoms with Crippen LogP contribution in [0.1, 0.15) is 22.6 Å². The Kier molecular flexibility index (Phi) is 7.85. The molecule has 0 spiro atoms. The van der Waals surface area contributed by atoms with Crippen molar-refractivity contribution in [3.8, 4) is 0 Å². The molecule has 170 valence electrons. The monoisotopic (exact) mass is 444 g/mol. The summed E-state index contributed by atoms with van der Waals surface area (Å²) in [4.78, 5) is 27.7. The van der Waals surface area contributed by atoms with Crippen molar-refractivity contribution in [2.75, 3.05) is 38.2 Å². The minimum Gasteiger partial charge on any atom is -0.455 e. The van der Waals surface area contributed by atoms with E-state index in [1.54, 1.807) is 0 Å². The van der Waals surface area contributed by atoms with Crippen molar-refractivity contribution in [1.82, 2.24) is 4.90 Å². The lowest BCUT2D eigenvalue weighted by molar-refractivity contribution is -0.147. The summed E-state index contributed by atoms with van der Waals surface area (Å²) in [6, 6.07) is 26.6. The number of hydrogen-bond donors (Lipinski definition) is 1. The topological polar surface area (TPSA) is 67.9 Å². The summed E-state index contributed by atoms with van der Waals surface area (Å²) in [7, 11) is 0. The molecule has 3 aromatic carbocycles. The highest BCUT2D eigenvalue weighted by Gasteiger charge is 2.24. The van der Waals surface area contributed by atoms with Gasteiger partial charge in [0, 0.05) is 25.3 Å². The average Bonchev–Trinajstić information content (AvgIpc) is 2.86. The van der Waals surface area contributed by atoms with E-state index >= 15 is 0 Å². The molecule has 33 heavy (non-hydrogen) atoms. The molecule has 6 heteroatoms. The number of rotatable bonds is 8. The van der Waals surface area contributed by atoms with Crippen LogP contribution < -0.4 is 5.32 Å². The predicted octanol–water partition coefficient (Wildman–Crippen LogP) is 3.83. The molecule has 1 fully saturated rings. The van der Waals surface area contributed by atoms with E-state index in [2.05, 4.69) is 10.2 Å². The van der Waals surface area contributed by atoms with Crippen molar-refractivity contribution in [2.45, 2.75) is 12.5 Å². The Morgan fingerprint density at radius 2 is 1.42 bits per heavy atom. The van der Waals surface area contributed by atoms with Crippen LogP contribution in [0.3, 0.4) is 0 Å². The largest absolute Gasteiger partial charge is 0.455 e. The number of amides is 1. The van der Waals surface area contributed by atoms with Gasteiger partial charge in [0.05, 0.1) is 13.2 Å². The highest BCUT2D eigenvalue weighted by Crippen LogP contribution is 2.26. The molecule has 4 rings (SSSR count). The molecule has 0 saturated carbocycles. The van der Waals surface area contributed by atoms with E-state index in [0.717, 1.165) is 44.0 Å². The Morgan fingerprint density at radius 1 is 0.848 bits per heavy atom. The second-order valence-electron chi connectivity index (χ2n) is 8.00. The van der Waals surface area contributed by atoms with E-state index < -0.39 is 11.9 Å². The number of carbonyl (C=O) groups is 2. The van der Waals surface area contributed by atoms with Gasteiger partial charge in [-0.25, -0.2) is 0 Å². The third-order valence-corrected chi connectivity index (χ3v) is 5.59. The fourth-order valence-corrected chi connectivity index (χ4v) is 3.88. The number of morpholine rings is 1. The van der Waals surface area contributed by atoms with Crippen molar-refractivity contribution in [1.29, 1.82) is 0 Å². The normalized spacial score (nSPS) is 14.1. The van der Waals surface area contributed by atoms with Gasteiger partial charge in [-0.1, -0.05) is 72.8 Å². The Bertz CT molecular complexity index is 993. The first-order chi connectivity index (χ1) is 16.2. The second kappa shape index (κ2) is 11.4. The number of esters is 1. The highest BCUT2D eigenvalue weighted by molar-refractivity contribution is 5.93. The van der Waals surface area contributed by atoms with E-state index in [9.17, 15) is 9.59 Å². The third-order valence-electron chi connectivity index (χ3n) is 5.59. The summed E-state index contributed by atoms with van der Waals surface area (Å²) in [5.41, 5.74) is 3.49. The van der Waals surface area contributed by atoms with Crippen LogP contribution in [-0.4, -0.2) is 49.7 Å². The minimum absolute atomic E-state index is 0.343. The molecule has 1 heterocycles. The number of benzene rings is 3. The number of hydrogen-bond acceptors (Lipinski definition) is 5. The standard InChI is InChI=1S/C27H28N2O4/c30-25(28-24-13-11-21(12-14-24)19-29-15-17-32-18-16-29)20-33-27(31)26(22-7-3-1-4-8-22)23-9-5-2-6-10-23/h1-14,26H,15-20H2,(H,28,30). The second-order valence-corrected chi connectivity index (χ2v) is 8.00. The first kappa shape index (κ1) is 22.7. The SMILES string of the molecule is O=C(COC(=O)C(c1ccccc1)c1ccccc1)Nc1ccc(CN2CCOCC2)cc1. The van der Waals surface area contributed by atoms with Crippen LogP contribution in [0.4, 0.5) is 5.69 Å². The van der Waals surface area contributed by atoms with Crippen molar-refractivity contribution >= 4 is 17.6 Å². The molecule has 0 aliphatic carbocycles. The van der Waals surface area contributed by atoms with E-state index in [0.29, 0.717) is 5.69 Å². The maximum Gasteiger partial charge on any atom is 0.318 e. The van der Waals surface area contributed by atoms with Crippen molar-refractivity contribution < 1.29 is 19.1 Å². The Balaban J connectivity index is 1.32. The van der Waals surface area contributed by atoms with Gasteiger partial charge in [0.25, 0.3) is 5.91 Å². The number of carbonyl (C=O) groups excluding carboxylic acids is 2. The van der Waals surface area contributed by atoms with Crippen LogP contribution in [0.15, 0.2) is 84.9 Å². The van der Waals surface area contributed by atoms with Crippen molar-refractivity contribution in [3.63, 3.8) is 0 Å². The van der Waals surface area contributed by atoms with Crippen molar-refractivity contribution in [2.24, 2.45) is 0 Å². The van der Waals surface area contributed by atoms with Gasteiger partial charge in [0.1, 0.15) is 5.92 Å². The van der Waals surface area contributed by atoms with E-state index in [-0.39, 0.29) is 12.5 Å². The minimum atomic E-state index is -0.584. The van der Waals surface area contributed by atoms with E-state index in [1.165, 1.54) is 5.56 Å². The first-order valence-electron chi connectivity index (χ1n) is 11.1. The lowest BCUT2D eigenvalue weighted by Crippen LogP contribution is -2.35. The third kappa shape index (κ3) is 6.51. The summed E-state index contributed by atoms with van der Waals surface area (Å²) < 4.78 is 10.8. The molecular formula is C27H28N2O4. The van der Waals surface area contributed by atoms with Gasteiger partial charge in [0.2, 0.25) is 0 Å². The molecule has 1 aliphatic rings. The van der Waals surface area contributed by atoms with E-state index in [4.69, 9.17) is 9.47 Å². The molecule has 6 nitrogen and oxygen atoms in total. The van der Waals surface area contributed by atoms with Gasteiger partial charge in [-0.15, -0.1) is 0 Å². The van der Waals surface area contributed by atoms with Crippen LogP contribution in [-0.2, 0) is 25.6 Å². The fraction of sp³-hybridized carbons (Fsp3) is 0.259. The van der Waals surface area contributed by atoms with Gasteiger partial charge in [-0.2, -0.15) is 0 Å². The number of ether oxygens (including phenoxy) is 2. The zero-order valence-corrected chi connectivity index (χ0v) is 18.5. The van der Waals surface area contributed by atoms with Gasteiger partial charge < -0.3 is 14.8 Å². The van der Waals surface area contributed by atoms with Crippen LogP contribution in [0, 0.1) is 0 Å². The smallest absolute Gasteiger partial charge is 0.318 e. The van der Waals surface area contributed by atoms with Crippen LogP contribution in [0.5, 0.6) is 0 Å². The molecule has 1 saturated heterocycles. The molecule has 3 aromatic rings. The van der Waals surface area contributed by atoms with Crippen molar-refractivity contribution in [3.05, 3.63) is 102 Å². The predicted molar refractivity (Wildman–Crippen MR) is 127 cm³/mol. The summed E-state index contributed by atoms with van der Waals surface area (Å²) in [6.07, 6.45) is 0. The molecular weight excluding hydrogens is 416 g/mol. The number of nitrogens with zero attached hydrogens (tertiary/aromatic N) is 1. The molecule has 1 amide bonds. The average molecular weight is 445 g/mol. The lowest BCUT2D eigenvalue weighted by Gasteiger charge is -2.26. The molecule has 0 bridgehead atoms. The molecule has 1 aliphatic heterocycles. The Hall–Kier alpha value is -3.48. The quantitative estimate of drug-likeness (QED) is 0.535. The Morgan fingerprint density at radius 3 is 2.00 bits per heavy atom. The summed E-state index contributed by atoms with van der Waals surface area (Å²) >= 11 is 0. The summed E-state index contributed by atoms with van der Waals surface area (Å²) in [6.45, 7) is 3.90. The number of anilines is 1. The van der Waals surface area contributed by atoms with Gasteiger partial charge in [-0.05, 0) is 28.8 Å². The van der Waals surface area contributed by atoms with Crippen LogP contribution in [0.2, 0.25) is 0 Å². The number of nitrogens with one attached hydrogen (secondary N) is 1.